The number of benzene rings is 1. The number of amides is 1. The van der Waals surface area contributed by atoms with Gasteiger partial charge in [-0.2, -0.15) is 0 Å². The van der Waals surface area contributed by atoms with Crippen LogP contribution >= 0.6 is 38.5 Å². The van der Waals surface area contributed by atoms with Gasteiger partial charge in [-0.3, -0.25) is 4.79 Å². The quantitative estimate of drug-likeness (QED) is 0.612. The zero-order chi connectivity index (χ0) is 12.1. The Morgan fingerprint density at radius 2 is 2.38 bits per heavy atom. The van der Waals surface area contributed by atoms with Crippen LogP contribution in [0.1, 0.15) is 23.7 Å². The van der Waals surface area contributed by atoms with Crippen molar-refractivity contribution in [2.45, 2.75) is 19.4 Å². The van der Waals surface area contributed by atoms with Crippen LogP contribution in [0.3, 0.4) is 0 Å². The van der Waals surface area contributed by atoms with Crippen LogP contribution in [0.4, 0.5) is 0 Å². The molecule has 0 bridgehead atoms. The minimum absolute atomic E-state index is 0.0558. The smallest absolute Gasteiger partial charge is 0.252 e. The molecule has 1 amide bonds. The van der Waals surface area contributed by atoms with Gasteiger partial charge in [0.15, 0.2) is 0 Å². The third-order valence-corrected chi connectivity index (χ3v) is 3.43. The second-order valence-electron chi connectivity index (χ2n) is 3.52. The van der Waals surface area contributed by atoms with Crippen LogP contribution in [0.5, 0.6) is 0 Å². The van der Waals surface area contributed by atoms with Gasteiger partial charge in [-0.25, -0.2) is 0 Å². The topological polar surface area (TPSA) is 29.1 Å². The molecule has 1 unspecified atom stereocenters. The van der Waals surface area contributed by atoms with Gasteiger partial charge in [0.1, 0.15) is 0 Å². The molecule has 1 atom stereocenters. The highest BCUT2D eigenvalue weighted by Crippen LogP contribution is 2.19. The number of halogens is 2. The summed E-state index contributed by atoms with van der Waals surface area (Å²) < 4.78 is 1.86. The molecular weight excluding hydrogens is 381 g/mol. The molecule has 0 aliphatic heterocycles. The van der Waals surface area contributed by atoms with E-state index >= 15 is 0 Å². The minimum atomic E-state index is -0.0558. The highest BCUT2D eigenvalue weighted by molar-refractivity contribution is 14.1. The molecular formula is C12H13BrINO. The molecule has 4 heteroatoms. The van der Waals surface area contributed by atoms with Crippen molar-refractivity contribution < 1.29 is 4.79 Å². The molecule has 0 aromatic heterocycles. The largest absolute Gasteiger partial charge is 0.349 e. The summed E-state index contributed by atoms with van der Waals surface area (Å²) >= 11 is 5.56. The van der Waals surface area contributed by atoms with E-state index in [4.69, 9.17) is 0 Å². The van der Waals surface area contributed by atoms with Crippen molar-refractivity contribution in [2.75, 3.05) is 0 Å². The number of carbonyl (C=O) groups excluding carboxylic acids is 1. The molecule has 16 heavy (non-hydrogen) atoms. The number of hydrogen-bond acceptors (Lipinski definition) is 1. The summed E-state index contributed by atoms with van der Waals surface area (Å²) in [5.74, 6) is -0.0558. The van der Waals surface area contributed by atoms with Gasteiger partial charge in [0.25, 0.3) is 5.91 Å². The lowest BCUT2D eigenvalue weighted by Crippen LogP contribution is -2.32. The van der Waals surface area contributed by atoms with Crippen LogP contribution in [-0.2, 0) is 0 Å². The molecule has 1 aromatic rings. The van der Waals surface area contributed by atoms with Crippen molar-refractivity contribution in [3.63, 3.8) is 0 Å². The summed E-state index contributed by atoms with van der Waals surface area (Å²) in [7, 11) is 0. The van der Waals surface area contributed by atoms with Gasteiger partial charge in [0.05, 0.1) is 5.56 Å². The van der Waals surface area contributed by atoms with E-state index in [9.17, 15) is 4.79 Å². The molecule has 0 fully saturated rings. The van der Waals surface area contributed by atoms with E-state index in [2.05, 4.69) is 50.4 Å². The maximum Gasteiger partial charge on any atom is 0.252 e. The van der Waals surface area contributed by atoms with Gasteiger partial charge in [-0.15, -0.1) is 6.58 Å². The standard InChI is InChI=1S/C12H13BrINO/c1-3-4-8(2)15-12(16)10-7-9(14)5-6-11(10)13/h3,5-8H,1,4H2,2H3,(H,15,16). The van der Waals surface area contributed by atoms with E-state index in [1.807, 2.05) is 25.1 Å². The monoisotopic (exact) mass is 393 g/mol. The molecule has 2 nitrogen and oxygen atoms in total. The molecule has 0 heterocycles. The van der Waals surface area contributed by atoms with Gasteiger partial charge in [0, 0.05) is 14.1 Å². The fourth-order valence-electron chi connectivity index (χ4n) is 1.28. The Hall–Kier alpha value is -0.360. The SMILES string of the molecule is C=CCC(C)NC(=O)c1cc(I)ccc1Br. The summed E-state index contributed by atoms with van der Waals surface area (Å²) in [5.41, 5.74) is 0.669. The lowest BCUT2D eigenvalue weighted by molar-refractivity contribution is 0.0939. The van der Waals surface area contributed by atoms with E-state index in [-0.39, 0.29) is 11.9 Å². The van der Waals surface area contributed by atoms with Crippen molar-refractivity contribution in [1.29, 1.82) is 0 Å². The first-order chi connectivity index (χ1) is 7.54. The van der Waals surface area contributed by atoms with Crippen LogP contribution in [0.15, 0.2) is 35.3 Å². The molecule has 0 saturated carbocycles. The summed E-state index contributed by atoms with van der Waals surface area (Å²) in [6.45, 7) is 5.61. The average Bonchev–Trinajstić information content (AvgIpc) is 2.21. The molecule has 0 saturated heterocycles. The number of nitrogens with one attached hydrogen (secondary N) is 1. The lowest BCUT2D eigenvalue weighted by Gasteiger charge is -2.12. The highest BCUT2D eigenvalue weighted by Gasteiger charge is 2.12. The van der Waals surface area contributed by atoms with E-state index in [0.29, 0.717) is 5.56 Å². The van der Waals surface area contributed by atoms with Crippen molar-refractivity contribution in [1.82, 2.24) is 5.32 Å². The van der Waals surface area contributed by atoms with Gasteiger partial charge < -0.3 is 5.32 Å². The van der Waals surface area contributed by atoms with Crippen LogP contribution < -0.4 is 5.32 Å². The Balaban J connectivity index is 2.80. The fourth-order valence-corrected chi connectivity index (χ4v) is 2.20. The first kappa shape index (κ1) is 13.7. The minimum Gasteiger partial charge on any atom is -0.349 e. The molecule has 0 spiro atoms. The molecule has 0 aliphatic carbocycles. The molecule has 1 rings (SSSR count). The normalized spacial score (nSPS) is 11.9. The maximum absolute atomic E-state index is 11.9. The Morgan fingerprint density at radius 3 is 3.00 bits per heavy atom. The summed E-state index contributed by atoms with van der Waals surface area (Å²) in [4.78, 5) is 11.9. The number of hydrogen-bond donors (Lipinski definition) is 1. The van der Waals surface area contributed by atoms with E-state index < -0.39 is 0 Å². The van der Waals surface area contributed by atoms with Crippen LogP contribution in [-0.4, -0.2) is 11.9 Å². The molecule has 1 N–H and O–H groups in total. The van der Waals surface area contributed by atoms with E-state index in [1.54, 1.807) is 6.08 Å². The molecule has 86 valence electrons. The zero-order valence-corrected chi connectivity index (χ0v) is 12.7. The number of carbonyl (C=O) groups is 1. The molecule has 1 aromatic carbocycles. The van der Waals surface area contributed by atoms with Gasteiger partial charge >= 0.3 is 0 Å². The zero-order valence-electron chi connectivity index (χ0n) is 8.97. The predicted molar refractivity (Wildman–Crippen MR) is 78.6 cm³/mol. The Labute approximate surface area is 118 Å². The first-order valence-electron chi connectivity index (χ1n) is 4.91. The first-order valence-corrected chi connectivity index (χ1v) is 6.78. The highest BCUT2D eigenvalue weighted by atomic mass is 127. The Morgan fingerprint density at radius 1 is 1.69 bits per heavy atom. The maximum atomic E-state index is 11.9. The number of rotatable bonds is 4. The third kappa shape index (κ3) is 3.90. The molecule has 0 aliphatic rings. The Kier molecular flexibility index (Phi) is 5.48. The van der Waals surface area contributed by atoms with E-state index in [1.165, 1.54) is 0 Å². The average molecular weight is 394 g/mol. The van der Waals surface area contributed by atoms with Crippen LogP contribution in [0.25, 0.3) is 0 Å². The third-order valence-electron chi connectivity index (χ3n) is 2.07. The lowest BCUT2D eigenvalue weighted by atomic mass is 10.2. The van der Waals surface area contributed by atoms with Crippen LogP contribution in [0, 0.1) is 3.57 Å². The van der Waals surface area contributed by atoms with Gasteiger partial charge in [-0.1, -0.05) is 6.08 Å². The second kappa shape index (κ2) is 6.39. The summed E-state index contributed by atoms with van der Waals surface area (Å²) in [6.07, 6.45) is 2.57. The second-order valence-corrected chi connectivity index (χ2v) is 5.62. The molecule has 0 radical (unpaired) electrons. The van der Waals surface area contributed by atoms with Gasteiger partial charge in [0.2, 0.25) is 0 Å². The predicted octanol–water partition coefficient (Wildman–Crippen LogP) is 3.75. The summed E-state index contributed by atoms with van der Waals surface area (Å²) in [6, 6.07) is 5.80. The van der Waals surface area contributed by atoms with Crippen molar-refractivity contribution in [2.24, 2.45) is 0 Å². The Bertz CT molecular complexity index is 406. The summed E-state index contributed by atoms with van der Waals surface area (Å²) in [5, 5.41) is 2.92. The van der Waals surface area contributed by atoms with Crippen molar-refractivity contribution >= 4 is 44.4 Å². The fraction of sp³-hybridized carbons (Fsp3) is 0.250. The van der Waals surface area contributed by atoms with Gasteiger partial charge in [-0.05, 0) is 70.1 Å². The van der Waals surface area contributed by atoms with E-state index in [0.717, 1.165) is 14.5 Å². The van der Waals surface area contributed by atoms with Crippen molar-refractivity contribution in [3.8, 4) is 0 Å². The van der Waals surface area contributed by atoms with Crippen molar-refractivity contribution in [3.05, 3.63) is 44.5 Å². The van der Waals surface area contributed by atoms with Crippen LogP contribution in [0.2, 0.25) is 0 Å².